The highest BCUT2D eigenvalue weighted by molar-refractivity contribution is 6.06. The molecule has 2 N–H and O–H groups in total. The lowest BCUT2D eigenvalue weighted by atomic mass is 9.93. The Morgan fingerprint density at radius 1 is 0.974 bits per heavy atom. The number of ether oxygens (including phenoxy) is 4. The molecule has 0 saturated heterocycles. The lowest BCUT2D eigenvalue weighted by Gasteiger charge is -2.30. The fraction of sp³-hybridized carbons (Fsp3) is 0.207. The predicted molar refractivity (Wildman–Crippen MR) is 146 cm³/mol. The summed E-state index contributed by atoms with van der Waals surface area (Å²) in [6.07, 6.45) is 1.45. The first-order valence-electron chi connectivity index (χ1n) is 12.3. The Balaban J connectivity index is 1.57. The number of hydrogen-bond acceptors (Lipinski definition) is 8. The van der Waals surface area contributed by atoms with Crippen LogP contribution in [0.1, 0.15) is 24.1 Å². The van der Waals surface area contributed by atoms with Crippen molar-refractivity contribution in [3.05, 3.63) is 95.5 Å². The van der Waals surface area contributed by atoms with Crippen molar-refractivity contribution in [1.82, 2.24) is 14.8 Å². The molecule has 5 rings (SSSR count). The van der Waals surface area contributed by atoms with Crippen LogP contribution in [0.25, 0.3) is 0 Å². The number of fused-ring (bicyclic) bond motifs is 1. The molecule has 0 spiro atoms. The minimum Gasteiger partial charge on any atom is -0.497 e. The maximum Gasteiger partial charge on any atom is 0.255 e. The van der Waals surface area contributed by atoms with Crippen LogP contribution in [0.15, 0.2) is 84.3 Å². The average Bonchev–Trinajstić information content (AvgIpc) is 3.44. The number of hydrogen-bond donors (Lipinski definition) is 2. The molecule has 10 nitrogen and oxygen atoms in total. The van der Waals surface area contributed by atoms with E-state index in [0.29, 0.717) is 58.1 Å². The smallest absolute Gasteiger partial charge is 0.255 e. The summed E-state index contributed by atoms with van der Waals surface area (Å²) in [5, 5.41) is 10.6. The summed E-state index contributed by atoms with van der Waals surface area (Å²) in [6.45, 7) is 2.15. The average molecular weight is 528 g/mol. The minimum absolute atomic E-state index is 0.316. The molecule has 0 bridgehead atoms. The van der Waals surface area contributed by atoms with E-state index in [0.717, 1.165) is 5.56 Å². The molecule has 2 heterocycles. The number of carbonyl (C=O) groups excluding carboxylic acids is 1. The number of carbonyl (C=O) groups is 1. The number of allylic oxidation sites excluding steroid dienone is 1. The van der Waals surface area contributed by atoms with E-state index >= 15 is 0 Å². The first-order valence-corrected chi connectivity index (χ1v) is 12.3. The number of benzene rings is 3. The van der Waals surface area contributed by atoms with Gasteiger partial charge < -0.3 is 29.6 Å². The zero-order valence-electron chi connectivity index (χ0n) is 22.1. The van der Waals surface area contributed by atoms with Gasteiger partial charge in [0, 0.05) is 17.3 Å². The van der Waals surface area contributed by atoms with E-state index in [1.807, 2.05) is 55.5 Å². The number of methoxy groups -OCH3 is 3. The highest BCUT2D eigenvalue weighted by Gasteiger charge is 2.36. The molecule has 10 heteroatoms. The molecule has 1 amide bonds. The van der Waals surface area contributed by atoms with Crippen molar-refractivity contribution < 1.29 is 23.7 Å². The van der Waals surface area contributed by atoms with Crippen LogP contribution in [0.5, 0.6) is 23.0 Å². The van der Waals surface area contributed by atoms with Crippen molar-refractivity contribution >= 4 is 17.5 Å². The third-order valence-electron chi connectivity index (χ3n) is 6.45. The van der Waals surface area contributed by atoms with Crippen molar-refractivity contribution in [3.63, 3.8) is 0 Å². The molecule has 0 saturated carbocycles. The molecular formula is C29H29N5O5. The van der Waals surface area contributed by atoms with Crippen LogP contribution in [0.3, 0.4) is 0 Å². The third kappa shape index (κ3) is 5.08. The number of nitrogens with one attached hydrogen (secondary N) is 2. The SMILES string of the molecule is COc1ccc(NC(=O)C2=C(C)Nc3ncnn3[C@H]2c2cccc(OC)c2OCc2ccccc2)c(OC)c1. The molecule has 4 aromatic rings. The van der Waals surface area contributed by atoms with E-state index in [2.05, 4.69) is 20.7 Å². The van der Waals surface area contributed by atoms with Crippen LogP contribution in [0, 0.1) is 0 Å². The Kier molecular flexibility index (Phi) is 7.35. The van der Waals surface area contributed by atoms with Gasteiger partial charge in [0.1, 0.15) is 30.5 Å². The molecule has 39 heavy (non-hydrogen) atoms. The van der Waals surface area contributed by atoms with Gasteiger partial charge in [0.25, 0.3) is 5.91 Å². The number of aromatic nitrogens is 3. The molecule has 0 radical (unpaired) electrons. The van der Waals surface area contributed by atoms with Crippen LogP contribution < -0.4 is 29.6 Å². The molecule has 0 aliphatic carbocycles. The Labute approximate surface area is 226 Å². The highest BCUT2D eigenvalue weighted by atomic mass is 16.5. The van der Waals surface area contributed by atoms with Crippen molar-refractivity contribution in [1.29, 1.82) is 0 Å². The molecular weight excluding hydrogens is 498 g/mol. The molecule has 1 atom stereocenters. The summed E-state index contributed by atoms with van der Waals surface area (Å²) >= 11 is 0. The Morgan fingerprint density at radius 3 is 2.51 bits per heavy atom. The summed E-state index contributed by atoms with van der Waals surface area (Å²) < 4.78 is 24.5. The lowest BCUT2D eigenvalue weighted by molar-refractivity contribution is -0.113. The highest BCUT2D eigenvalue weighted by Crippen LogP contribution is 2.43. The molecule has 1 aliphatic heterocycles. The normalized spacial score (nSPS) is 14.2. The van der Waals surface area contributed by atoms with Gasteiger partial charge in [0.15, 0.2) is 11.5 Å². The fourth-order valence-corrected chi connectivity index (χ4v) is 4.56. The number of rotatable bonds is 9. The van der Waals surface area contributed by atoms with Gasteiger partial charge in [0.05, 0.1) is 32.6 Å². The quantitative estimate of drug-likeness (QED) is 0.319. The van der Waals surface area contributed by atoms with Crippen molar-refractivity contribution in [2.24, 2.45) is 0 Å². The van der Waals surface area contributed by atoms with Crippen LogP contribution >= 0.6 is 0 Å². The number of nitrogens with zero attached hydrogens (tertiary/aromatic N) is 3. The van der Waals surface area contributed by atoms with Gasteiger partial charge in [-0.05, 0) is 30.7 Å². The molecule has 0 unspecified atom stereocenters. The maximum absolute atomic E-state index is 13.9. The monoisotopic (exact) mass is 527 g/mol. The van der Waals surface area contributed by atoms with Gasteiger partial charge in [-0.2, -0.15) is 10.1 Å². The van der Waals surface area contributed by atoms with E-state index in [1.165, 1.54) is 13.4 Å². The standard InChI is InChI=1S/C29H29N5O5/c1-18-25(28(35)33-22-14-13-20(36-2)15-24(22)38-4)26(34-29(32-18)30-17-31-34)21-11-8-12-23(37-3)27(21)39-16-19-9-6-5-7-10-19/h5-15,17,26H,16H2,1-4H3,(H,33,35)(H,30,31,32)/t26-/m0/s1. The van der Waals surface area contributed by atoms with Crippen LogP contribution in [-0.2, 0) is 11.4 Å². The zero-order chi connectivity index (χ0) is 27.4. The van der Waals surface area contributed by atoms with E-state index in [9.17, 15) is 4.79 Å². The van der Waals surface area contributed by atoms with Gasteiger partial charge in [-0.15, -0.1) is 0 Å². The Hall–Kier alpha value is -4.99. The summed E-state index contributed by atoms with van der Waals surface area (Å²) in [6, 6.07) is 20.0. The maximum atomic E-state index is 13.9. The minimum atomic E-state index is -0.658. The van der Waals surface area contributed by atoms with Crippen molar-refractivity contribution in [2.45, 2.75) is 19.6 Å². The van der Waals surface area contributed by atoms with E-state index in [1.54, 1.807) is 37.1 Å². The second-order valence-electron chi connectivity index (χ2n) is 8.77. The van der Waals surface area contributed by atoms with Crippen LogP contribution in [0.2, 0.25) is 0 Å². The van der Waals surface area contributed by atoms with Gasteiger partial charge in [-0.3, -0.25) is 4.79 Å². The summed E-state index contributed by atoms with van der Waals surface area (Å²) in [7, 11) is 4.69. The lowest BCUT2D eigenvalue weighted by Crippen LogP contribution is -2.32. The second kappa shape index (κ2) is 11.2. The topological polar surface area (TPSA) is 109 Å². The van der Waals surface area contributed by atoms with Crippen molar-refractivity contribution in [3.8, 4) is 23.0 Å². The molecule has 3 aromatic carbocycles. The summed E-state index contributed by atoms with van der Waals surface area (Å²) in [5.74, 6) is 2.30. The van der Waals surface area contributed by atoms with Gasteiger partial charge in [-0.1, -0.05) is 42.5 Å². The first kappa shape index (κ1) is 25.7. The predicted octanol–water partition coefficient (Wildman–Crippen LogP) is 4.81. The van der Waals surface area contributed by atoms with E-state index in [-0.39, 0.29) is 5.91 Å². The summed E-state index contributed by atoms with van der Waals surface area (Å²) in [4.78, 5) is 18.3. The number of anilines is 2. The number of para-hydroxylation sites is 1. The van der Waals surface area contributed by atoms with E-state index in [4.69, 9.17) is 18.9 Å². The molecule has 1 aliphatic rings. The fourth-order valence-electron chi connectivity index (χ4n) is 4.56. The first-order chi connectivity index (χ1) is 19.0. The van der Waals surface area contributed by atoms with Gasteiger partial charge >= 0.3 is 0 Å². The molecule has 1 aromatic heterocycles. The van der Waals surface area contributed by atoms with Gasteiger partial charge in [0.2, 0.25) is 5.95 Å². The molecule has 0 fully saturated rings. The second-order valence-corrected chi connectivity index (χ2v) is 8.77. The molecule has 200 valence electrons. The van der Waals surface area contributed by atoms with Crippen LogP contribution in [0.4, 0.5) is 11.6 Å². The van der Waals surface area contributed by atoms with E-state index < -0.39 is 6.04 Å². The third-order valence-corrected chi connectivity index (χ3v) is 6.45. The largest absolute Gasteiger partial charge is 0.497 e. The van der Waals surface area contributed by atoms with Crippen molar-refractivity contribution in [2.75, 3.05) is 32.0 Å². The summed E-state index contributed by atoms with van der Waals surface area (Å²) in [5.41, 5.74) is 3.26. The van der Waals surface area contributed by atoms with Crippen LogP contribution in [-0.4, -0.2) is 42.0 Å². The number of amides is 1. The Morgan fingerprint density at radius 2 is 1.77 bits per heavy atom. The Bertz CT molecular complexity index is 1520. The zero-order valence-corrected chi connectivity index (χ0v) is 22.1. The van der Waals surface area contributed by atoms with Gasteiger partial charge in [-0.25, -0.2) is 4.68 Å².